The molecule has 4 nitrogen and oxygen atoms in total. The fraction of sp³-hybridized carbons (Fsp3) is 0.538. The van der Waals surface area contributed by atoms with Crippen molar-refractivity contribution >= 4 is 59.3 Å². The first-order valence-corrected chi connectivity index (χ1v) is 10.8. The van der Waals surface area contributed by atoms with Gasteiger partial charge in [-0.25, -0.2) is 13.1 Å². The van der Waals surface area contributed by atoms with E-state index in [2.05, 4.69) is 50.4 Å². The summed E-state index contributed by atoms with van der Waals surface area (Å²) in [6.45, 7) is 4.52. The average molecular weight is 460 g/mol. The number of hydrogen-bond donors (Lipinski definition) is 2. The summed E-state index contributed by atoms with van der Waals surface area (Å²) in [5.41, 5.74) is 6.08. The van der Waals surface area contributed by atoms with Crippen molar-refractivity contribution in [1.29, 1.82) is 0 Å². The third-order valence-electron chi connectivity index (χ3n) is 3.61. The first kappa shape index (κ1) is 19.3. The maximum atomic E-state index is 12.5. The van der Waals surface area contributed by atoms with Gasteiger partial charge in [-0.3, -0.25) is 0 Å². The minimum absolute atomic E-state index is 0.0907. The molecule has 21 heavy (non-hydrogen) atoms. The summed E-state index contributed by atoms with van der Waals surface area (Å²) in [4.78, 5) is 0.0907. The Balaban J connectivity index is 3.09. The summed E-state index contributed by atoms with van der Waals surface area (Å²) in [5.74, 6) is 0. The molecule has 0 bridgehead atoms. The molecular formula is C13H20Br2N2O2S2. The minimum atomic E-state index is -3.66. The predicted octanol–water partition coefficient (Wildman–Crippen LogP) is 3.99. The Hall–Kier alpha value is 0.240. The number of nitrogen functional groups attached to an aromatic ring is 1. The lowest BCUT2D eigenvalue weighted by Gasteiger charge is -2.29. The molecule has 0 atom stereocenters. The molecule has 0 aliphatic rings. The van der Waals surface area contributed by atoms with Gasteiger partial charge < -0.3 is 5.73 Å². The molecular weight excluding hydrogens is 440 g/mol. The van der Waals surface area contributed by atoms with Crippen LogP contribution in [0.25, 0.3) is 0 Å². The topological polar surface area (TPSA) is 72.2 Å². The van der Waals surface area contributed by atoms with Gasteiger partial charge in [-0.2, -0.15) is 11.8 Å². The summed E-state index contributed by atoms with van der Waals surface area (Å²) >= 11 is 8.25. The van der Waals surface area contributed by atoms with Crippen molar-refractivity contribution in [2.75, 3.05) is 18.5 Å². The second-order valence-electron chi connectivity index (χ2n) is 4.72. The van der Waals surface area contributed by atoms with E-state index >= 15 is 0 Å². The number of rotatable bonds is 7. The molecule has 1 aromatic carbocycles. The van der Waals surface area contributed by atoms with Crippen molar-refractivity contribution < 1.29 is 8.42 Å². The Morgan fingerprint density at radius 2 is 1.86 bits per heavy atom. The number of sulfonamides is 1. The van der Waals surface area contributed by atoms with E-state index in [1.807, 2.05) is 6.26 Å². The normalized spacial score (nSPS) is 12.6. The molecule has 0 saturated heterocycles. The lowest BCUT2D eigenvalue weighted by atomic mass is 10.0. The highest BCUT2D eigenvalue weighted by Crippen LogP contribution is 2.33. The van der Waals surface area contributed by atoms with E-state index in [1.54, 1.807) is 23.9 Å². The van der Waals surface area contributed by atoms with Crippen LogP contribution in [-0.4, -0.2) is 26.0 Å². The Kier molecular flexibility index (Phi) is 7.05. The average Bonchev–Trinajstić information content (AvgIpc) is 2.39. The Morgan fingerprint density at radius 3 is 2.29 bits per heavy atom. The Bertz CT molecular complexity index is 571. The van der Waals surface area contributed by atoms with Gasteiger partial charge in [0.2, 0.25) is 10.0 Å². The second kappa shape index (κ2) is 7.68. The molecule has 8 heteroatoms. The zero-order chi connectivity index (χ0) is 16.3. The van der Waals surface area contributed by atoms with Gasteiger partial charge in [-0.15, -0.1) is 0 Å². The molecule has 120 valence electrons. The van der Waals surface area contributed by atoms with E-state index < -0.39 is 10.0 Å². The van der Waals surface area contributed by atoms with Crippen LogP contribution >= 0.6 is 43.6 Å². The summed E-state index contributed by atoms with van der Waals surface area (Å²) < 4.78 is 28.8. The van der Waals surface area contributed by atoms with Crippen LogP contribution in [-0.2, 0) is 10.0 Å². The van der Waals surface area contributed by atoms with Gasteiger partial charge in [0.15, 0.2) is 0 Å². The molecule has 0 fully saturated rings. The van der Waals surface area contributed by atoms with Gasteiger partial charge in [0.1, 0.15) is 4.90 Å². The smallest absolute Gasteiger partial charge is 0.243 e. The highest BCUT2D eigenvalue weighted by atomic mass is 79.9. The van der Waals surface area contributed by atoms with Crippen LogP contribution in [0.2, 0.25) is 0 Å². The molecule has 3 N–H and O–H groups in total. The first-order chi connectivity index (χ1) is 9.71. The molecule has 0 spiro atoms. The summed E-state index contributed by atoms with van der Waals surface area (Å²) in [7, 11) is -3.66. The number of anilines is 1. The highest BCUT2D eigenvalue weighted by Gasteiger charge is 2.29. The Labute approximate surface area is 147 Å². The summed E-state index contributed by atoms with van der Waals surface area (Å²) in [5, 5.41) is 0. The molecule has 0 unspecified atom stereocenters. The zero-order valence-electron chi connectivity index (χ0n) is 12.2. The van der Waals surface area contributed by atoms with E-state index in [1.165, 1.54) is 0 Å². The minimum Gasteiger partial charge on any atom is -0.398 e. The van der Waals surface area contributed by atoms with Crippen LogP contribution in [0.3, 0.4) is 0 Å². The first-order valence-electron chi connectivity index (χ1n) is 6.50. The van der Waals surface area contributed by atoms with Crippen molar-refractivity contribution in [3.8, 4) is 0 Å². The van der Waals surface area contributed by atoms with Crippen LogP contribution < -0.4 is 10.5 Å². The lowest BCUT2D eigenvalue weighted by molar-refractivity contribution is 0.522. The van der Waals surface area contributed by atoms with E-state index in [0.717, 1.165) is 17.3 Å². The predicted molar refractivity (Wildman–Crippen MR) is 98.3 cm³/mol. The van der Waals surface area contributed by atoms with E-state index in [9.17, 15) is 8.42 Å². The molecule has 0 aromatic heterocycles. The van der Waals surface area contributed by atoms with Crippen LogP contribution in [0.4, 0.5) is 5.69 Å². The number of thioether (sulfide) groups is 1. The largest absolute Gasteiger partial charge is 0.398 e. The number of benzene rings is 1. The van der Waals surface area contributed by atoms with Gasteiger partial charge in [-0.1, -0.05) is 29.8 Å². The molecule has 1 rings (SSSR count). The van der Waals surface area contributed by atoms with Crippen LogP contribution in [0.15, 0.2) is 26.0 Å². The maximum Gasteiger partial charge on any atom is 0.243 e. The second-order valence-corrected chi connectivity index (χ2v) is 9.47. The standard InChI is InChI=1S/C13H20Br2N2O2S2/c1-4-13(5-2,20-3)8-17-21(18,19)12-10(15)6-9(14)7-11(12)16/h6-7,17H,4-5,8,16H2,1-3H3. The molecule has 0 saturated carbocycles. The quantitative estimate of drug-likeness (QED) is 0.604. The van der Waals surface area contributed by atoms with Crippen molar-refractivity contribution in [3.05, 3.63) is 21.1 Å². The highest BCUT2D eigenvalue weighted by molar-refractivity contribution is 9.11. The zero-order valence-corrected chi connectivity index (χ0v) is 17.0. The van der Waals surface area contributed by atoms with E-state index in [0.29, 0.717) is 11.0 Å². The molecule has 1 aromatic rings. The fourth-order valence-corrected chi connectivity index (χ4v) is 6.10. The van der Waals surface area contributed by atoms with Crippen molar-refractivity contribution in [3.63, 3.8) is 0 Å². The van der Waals surface area contributed by atoms with Crippen LogP contribution in [0.5, 0.6) is 0 Å². The van der Waals surface area contributed by atoms with Gasteiger partial charge >= 0.3 is 0 Å². The van der Waals surface area contributed by atoms with Gasteiger partial charge in [0, 0.05) is 20.2 Å². The Morgan fingerprint density at radius 1 is 1.29 bits per heavy atom. The van der Waals surface area contributed by atoms with Gasteiger partial charge in [-0.05, 0) is 47.2 Å². The summed E-state index contributed by atoms with van der Waals surface area (Å²) in [6.07, 6.45) is 3.79. The molecule has 0 aliphatic heterocycles. The molecule has 0 amide bonds. The molecule has 0 aliphatic carbocycles. The number of nitrogens with two attached hydrogens (primary N) is 1. The van der Waals surface area contributed by atoms with E-state index in [-0.39, 0.29) is 15.3 Å². The van der Waals surface area contributed by atoms with Crippen molar-refractivity contribution in [2.24, 2.45) is 0 Å². The fourth-order valence-electron chi connectivity index (χ4n) is 2.02. The SMILES string of the molecule is CCC(CC)(CNS(=O)(=O)c1c(N)cc(Br)cc1Br)SC. The van der Waals surface area contributed by atoms with E-state index in [4.69, 9.17) is 5.73 Å². The third kappa shape index (κ3) is 4.60. The van der Waals surface area contributed by atoms with Gasteiger partial charge in [0.25, 0.3) is 0 Å². The lowest BCUT2D eigenvalue weighted by Crippen LogP contribution is -2.39. The van der Waals surface area contributed by atoms with Crippen LogP contribution in [0, 0.1) is 0 Å². The van der Waals surface area contributed by atoms with Crippen molar-refractivity contribution in [1.82, 2.24) is 4.72 Å². The number of halogens is 2. The molecule has 0 radical (unpaired) electrons. The van der Waals surface area contributed by atoms with Gasteiger partial charge in [0.05, 0.1) is 5.69 Å². The monoisotopic (exact) mass is 458 g/mol. The van der Waals surface area contributed by atoms with Crippen molar-refractivity contribution in [2.45, 2.75) is 36.3 Å². The maximum absolute atomic E-state index is 12.5. The number of nitrogens with one attached hydrogen (secondary N) is 1. The molecule has 0 heterocycles. The third-order valence-corrected chi connectivity index (χ3v) is 8.06. The summed E-state index contributed by atoms with van der Waals surface area (Å²) in [6, 6.07) is 3.26. The number of hydrogen-bond acceptors (Lipinski definition) is 4. The van der Waals surface area contributed by atoms with Crippen LogP contribution in [0.1, 0.15) is 26.7 Å².